The Balaban J connectivity index is 1.26. The maximum Gasteiger partial charge on any atom is 0.363 e. The number of hydrogen-bond acceptors (Lipinski definition) is 6. The molecule has 10 rings (SSSR count). The molecule has 7 aromatic rings. The van der Waals surface area contributed by atoms with Crippen molar-refractivity contribution in [3.63, 3.8) is 0 Å². The van der Waals surface area contributed by atoms with E-state index in [0.717, 1.165) is 83.7 Å². The standard InChI is InChI=1S/C49H33N5O4/c55-43-28-29-44(56)54(43)58-49(57)34-18-16-33(17-19-34)48-41-26-24-39(52-41)46(31-12-6-2-7-13-31)37-22-20-35(50-37)45(30-10-4-1-5-11-30)36-21-23-38(51-36)47(32-14-8-3-9-15-32)40-25-27-42(48)53-40/h1-27,50,53H,28-29H2. The van der Waals surface area contributed by atoms with Crippen LogP contribution in [-0.2, 0) is 14.4 Å². The SMILES string of the molecule is O=C(ON1C(=O)CCC1=O)c1ccc(-c2c3nc(c(-c4ccccc4)c4ccc([nH]4)c(-c4ccccc4)c4nc(c(-c5ccccc5)c5ccc2[nH]5)C=C4)C=C3)cc1. The van der Waals surface area contributed by atoms with Gasteiger partial charge < -0.3 is 14.8 Å². The molecule has 0 saturated carbocycles. The number of aromatic amines is 2. The zero-order valence-corrected chi connectivity index (χ0v) is 31.0. The quantitative estimate of drug-likeness (QED) is 0.163. The molecule has 1 fully saturated rings. The number of nitrogens with zero attached hydrogens (tertiary/aromatic N) is 3. The van der Waals surface area contributed by atoms with E-state index < -0.39 is 17.8 Å². The van der Waals surface area contributed by atoms with Gasteiger partial charge in [-0.05, 0) is 83.0 Å². The van der Waals surface area contributed by atoms with E-state index in [-0.39, 0.29) is 18.4 Å². The molecular weight excluding hydrogens is 723 g/mol. The van der Waals surface area contributed by atoms with Crippen LogP contribution in [0.3, 0.4) is 0 Å². The molecular formula is C49H33N5O4. The highest BCUT2D eigenvalue weighted by Gasteiger charge is 2.33. The number of fused-ring (bicyclic) bond motifs is 8. The average Bonchev–Trinajstić information content (AvgIpc) is 4.13. The second-order valence-corrected chi connectivity index (χ2v) is 14.1. The van der Waals surface area contributed by atoms with Gasteiger partial charge in [-0.15, -0.1) is 5.06 Å². The molecule has 0 spiro atoms. The molecule has 6 heterocycles. The highest BCUT2D eigenvalue weighted by molar-refractivity contribution is 6.03. The molecule has 4 aromatic carbocycles. The van der Waals surface area contributed by atoms with Crippen molar-refractivity contribution in [3.05, 3.63) is 168 Å². The van der Waals surface area contributed by atoms with E-state index in [9.17, 15) is 14.4 Å². The van der Waals surface area contributed by atoms with Gasteiger partial charge in [0.1, 0.15) is 0 Å². The van der Waals surface area contributed by atoms with Crippen LogP contribution in [0.4, 0.5) is 0 Å². The fourth-order valence-corrected chi connectivity index (χ4v) is 7.80. The summed E-state index contributed by atoms with van der Waals surface area (Å²) in [5.74, 6) is -1.86. The predicted octanol–water partition coefficient (Wildman–Crippen LogP) is 10.5. The van der Waals surface area contributed by atoms with Gasteiger partial charge in [-0.25, -0.2) is 14.8 Å². The number of carbonyl (C=O) groups excluding carboxylic acids is 3. The van der Waals surface area contributed by atoms with Crippen LogP contribution in [0.1, 0.15) is 46.0 Å². The normalized spacial score (nSPS) is 13.3. The summed E-state index contributed by atoms with van der Waals surface area (Å²) in [5, 5.41) is 0.558. The number of H-pyrrole nitrogens is 2. The Kier molecular flexibility index (Phi) is 8.53. The molecule has 8 bridgehead atoms. The summed E-state index contributed by atoms with van der Waals surface area (Å²) in [6.45, 7) is 0. The van der Waals surface area contributed by atoms with Crippen LogP contribution in [0, 0.1) is 0 Å². The number of aromatic nitrogens is 4. The van der Waals surface area contributed by atoms with Gasteiger partial charge in [0.2, 0.25) is 0 Å². The number of hydroxylamine groups is 2. The third-order valence-corrected chi connectivity index (χ3v) is 10.5. The third kappa shape index (κ3) is 6.21. The van der Waals surface area contributed by atoms with Crippen molar-refractivity contribution in [2.75, 3.05) is 0 Å². The van der Waals surface area contributed by atoms with E-state index in [1.54, 1.807) is 12.1 Å². The summed E-state index contributed by atoms with van der Waals surface area (Å²) in [4.78, 5) is 60.7. The molecule has 9 nitrogen and oxygen atoms in total. The lowest BCUT2D eigenvalue weighted by Gasteiger charge is -2.12. The summed E-state index contributed by atoms with van der Waals surface area (Å²) in [5.41, 5.74) is 14.3. The van der Waals surface area contributed by atoms with Crippen LogP contribution in [-0.4, -0.2) is 42.8 Å². The fourth-order valence-electron chi connectivity index (χ4n) is 7.80. The van der Waals surface area contributed by atoms with Gasteiger partial charge in [-0.1, -0.05) is 103 Å². The molecule has 0 radical (unpaired) electrons. The van der Waals surface area contributed by atoms with E-state index in [1.165, 1.54) is 0 Å². The number of rotatable bonds is 6. The number of hydrogen-bond donors (Lipinski definition) is 2. The number of nitrogens with one attached hydrogen (secondary N) is 2. The van der Waals surface area contributed by atoms with Crippen molar-refractivity contribution in [2.24, 2.45) is 0 Å². The van der Waals surface area contributed by atoms with Gasteiger partial charge in [0, 0.05) is 57.2 Å². The van der Waals surface area contributed by atoms with E-state index in [4.69, 9.17) is 14.8 Å². The Morgan fingerprint density at radius 3 is 1.12 bits per heavy atom. The van der Waals surface area contributed by atoms with Gasteiger partial charge in [0.25, 0.3) is 11.8 Å². The minimum atomic E-state index is -0.794. The van der Waals surface area contributed by atoms with Crippen LogP contribution in [0.2, 0.25) is 0 Å². The van der Waals surface area contributed by atoms with Crippen molar-refractivity contribution in [1.82, 2.24) is 25.0 Å². The maximum absolute atomic E-state index is 13.1. The second kappa shape index (κ2) is 14.3. The first kappa shape index (κ1) is 34.6. The summed E-state index contributed by atoms with van der Waals surface area (Å²) < 4.78 is 0. The van der Waals surface area contributed by atoms with Crippen LogP contribution < -0.4 is 0 Å². The highest BCUT2D eigenvalue weighted by Crippen LogP contribution is 2.38. The minimum absolute atomic E-state index is 0.0181. The lowest BCUT2D eigenvalue weighted by atomic mass is 10.0. The van der Waals surface area contributed by atoms with Crippen molar-refractivity contribution in [2.45, 2.75) is 12.8 Å². The van der Waals surface area contributed by atoms with E-state index in [0.29, 0.717) is 10.8 Å². The van der Waals surface area contributed by atoms with Crippen molar-refractivity contribution < 1.29 is 19.2 Å². The summed E-state index contributed by atoms with van der Waals surface area (Å²) in [6.07, 6.45) is 8.23. The molecule has 3 aliphatic heterocycles. The van der Waals surface area contributed by atoms with Gasteiger partial charge in [0.15, 0.2) is 0 Å². The summed E-state index contributed by atoms with van der Waals surface area (Å²) in [7, 11) is 0. The van der Waals surface area contributed by atoms with Crippen molar-refractivity contribution in [3.8, 4) is 44.5 Å². The molecule has 0 aliphatic carbocycles. The number of amides is 2. The molecule has 1 saturated heterocycles. The van der Waals surface area contributed by atoms with Gasteiger partial charge >= 0.3 is 5.97 Å². The number of imide groups is 1. The van der Waals surface area contributed by atoms with Crippen molar-refractivity contribution >= 4 is 64.2 Å². The molecule has 2 amide bonds. The Bertz CT molecular complexity index is 2970. The third-order valence-electron chi connectivity index (χ3n) is 10.5. The topological polar surface area (TPSA) is 121 Å². The van der Waals surface area contributed by atoms with Crippen LogP contribution >= 0.6 is 0 Å². The van der Waals surface area contributed by atoms with E-state index >= 15 is 0 Å². The average molecular weight is 756 g/mol. The Labute approximate surface area is 332 Å². The second-order valence-electron chi connectivity index (χ2n) is 14.1. The van der Waals surface area contributed by atoms with Gasteiger partial charge in [-0.3, -0.25) is 9.59 Å². The highest BCUT2D eigenvalue weighted by atomic mass is 16.7. The predicted molar refractivity (Wildman–Crippen MR) is 227 cm³/mol. The first-order chi connectivity index (χ1) is 28.5. The molecule has 278 valence electrons. The number of benzene rings is 4. The van der Waals surface area contributed by atoms with Crippen LogP contribution in [0.5, 0.6) is 0 Å². The number of carbonyl (C=O) groups is 3. The van der Waals surface area contributed by atoms with E-state index in [2.05, 4.69) is 76.7 Å². The van der Waals surface area contributed by atoms with E-state index in [1.807, 2.05) is 84.9 Å². The minimum Gasteiger partial charge on any atom is -0.354 e. The molecule has 3 aromatic heterocycles. The van der Waals surface area contributed by atoms with Crippen LogP contribution in [0.15, 0.2) is 140 Å². The summed E-state index contributed by atoms with van der Waals surface area (Å²) >= 11 is 0. The molecule has 9 heteroatoms. The van der Waals surface area contributed by atoms with Crippen molar-refractivity contribution in [1.29, 1.82) is 0 Å². The van der Waals surface area contributed by atoms with Crippen LogP contribution in [0.25, 0.3) is 90.9 Å². The first-order valence-corrected chi connectivity index (χ1v) is 19.0. The largest absolute Gasteiger partial charge is 0.363 e. The lowest BCUT2D eigenvalue weighted by Crippen LogP contribution is -2.32. The zero-order valence-electron chi connectivity index (χ0n) is 31.0. The first-order valence-electron chi connectivity index (χ1n) is 19.0. The summed E-state index contributed by atoms with van der Waals surface area (Å²) in [6, 6.07) is 45.9. The smallest absolute Gasteiger partial charge is 0.354 e. The monoisotopic (exact) mass is 755 g/mol. The lowest BCUT2D eigenvalue weighted by molar-refractivity contribution is -0.172. The molecule has 0 unspecified atom stereocenters. The van der Waals surface area contributed by atoms with Gasteiger partial charge in [0.05, 0.1) is 28.3 Å². The Morgan fingerprint density at radius 2 is 0.776 bits per heavy atom. The molecule has 58 heavy (non-hydrogen) atoms. The zero-order chi connectivity index (χ0) is 39.2. The molecule has 3 aliphatic rings. The fraction of sp³-hybridized carbons (Fsp3) is 0.0408. The Hall–Kier alpha value is -7.91. The van der Waals surface area contributed by atoms with Gasteiger partial charge in [-0.2, -0.15) is 0 Å². The molecule has 0 atom stereocenters. The maximum atomic E-state index is 13.1. The molecule has 2 N–H and O–H groups in total. The Morgan fingerprint density at radius 1 is 0.448 bits per heavy atom.